The van der Waals surface area contributed by atoms with Gasteiger partial charge in [-0.25, -0.2) is 14.8 Å². The van der Waals surface area contributed by atoms with Crippen LogP contribution in [0, 0.1) is 0 Å². The molecular weight excluding hydrogens is 773 g/mol. The van der Waals surface area contributed by atoms with Crippen molar-refractivity contribution in [2.75, 3.05) is 7.11 Å². The van der Waals surface area contributed by atoms with Gasteiger partial charge < -0.3 is 34.6 Å². The van der Waals surface area contributed by atoms with E-state index in [1.165, 1.54) is 7.11 Å². The number of alkyl carbamates (subject to hydrolysis) is 1. The molecule has 2 fully saturated rings. The van der Waals surface area contributed by atoms with Crippen molar-refractivity contribution in [1.82, 2.24) is 35.1 Å². The van der Waals surface area contributed by atoms with Gasteiger partial charge in [-0.05, 0) is 92.3 Å². The Morgan fingerprint density at radius 1 is 1.02 bits per heavy atom. The number of ether oxygens (including phenoxy) is 2. The van der Waals surface area contributed by atoms with Crippen LogP contribution in [0.4, 0.5) is 4.79 Å². The Balaban J connectivity index is 1.06. The van der Waals surface area contributed by atoms with E-state index in [2.05, 4.69) is 85.1 Å². The molecule has 3 amide bonds. The zero-order valence-electron chi connectivity index (χ0n) is 29.7. The summed E-state index contributed by atoms with van der Waals surface area (Å²) >= 11 is 2.39. The van der Waals surface area contributed by atoms with Crippen LogP contribution in [0.1, 0.15) is 88.6 Å². The van der Waals surface area contributed by atoms with E-state index in [4.69, 9.17) is 14.7 Å². The Morgan fingerprint density at radius 2 is 1.83 bits per heavy atom. The summed E-state index contributed by atoms with van der Waals surface area (Å²) in [5.74, 6) is 2.40. The number of H-pyrrole nitrogens is 2. The normalized spacial score (nSPS) is 21.6. The fourth-order valence-electron chi connectivity index (χ4n) is 8.14. The van der Waals surface area contributed by atoms with E-state index in [1.807, 2.05) is 29.8 Å². The smallest absolute Gasteiger partial charge is 0.407 e. The molecule has 0 bridgehead atoms. The third-order valence-electron chi connectivity index (χ3n) is 10.8. The molecule has 5 atom stereocenters. The molecule has 3 aliphatic rings. The number of amides is 3. The van der Waals surface area contributed by atoms with Gasteiger partial charge in [0.2, 0.25) is 11.8 Å². The minimum absolute atomic E-state index is 0.0126. The van der Waals surface area contributed by atoms with Gasteiger partial charge in [0.15, 0.2) is 0 Å². The number of fused-ring (bicyclic) bond motifs is 6. The maximum absolute atomic E-state index is 13.4. The third-order valence-corrected chi connectivity index (χ3v) is 12.0. The van der Waals surface area contributed by atoms with Crippen molar-refractivity contribution in [3.63, 3.8) is 0 Å². The first-order valence-electron chi connectivity index (χ1n) is 18.0. The molecule has 3 aliphatic heterocycles. The van der Waals surface area contributed by atoms with Gasteiger partial charge in [-0.15, -0.1) is 0 Å². The van der Waals surface area contributed by atoms with Crippen LogP contribution in [0.2, 0.25) is 0 Å². The molecule has 5 heterocycles. The number of aromatic nitrogens is 4. The Kier molecular flexibility index (Phi) is 9.08. The summed E-state index contributed by atoms with van der Waals surface area (Å²) in [4.78, 5) is 58.8. The van der Waals surface area contributed by atoms with Crippen molar-refractivity contribution in [3.05, 3.63) is 65.9 Å². The number of carbonyl (C=O) groups excluding carboxylic acids is 3. The molecule has 0 radical (unpaired) electrons. The Bertz CT molecular complexity index is 2210. The number of nitrogens with zero attached hydrogens (tertiary/aromatic N) is 4. The van der Waals surface area contributed by atoms with E-state index in [-0.39, 0.29) is 34.0 Å². The average molecular weight is 816 g/mol. The fourth-order valence-corrected chi connectivity index (χ4v) is 9.20. The van der Waals surface area contributed by atoms with Gasteiger partial charge in [0.1, 0.15) is 30.0 Å². The van der Waals surface area contributed by atoms with Crippen molar-refractivity contribution < 1.29 is 23.9 Å². The molecule has 270 valence electrons. The van der Waals surface area contributed by atoms with Crippen molar-refractivity contribution in [3.8, 4) is 28.1 Å². The maximum Gasteiger partial charge on any atom is 0.407 e. The number of halogens is 1. The topological polar surface area (TPSA) is 146 Å². The first-order chi connectivity index (χ1) is 25.1. The second-order valence-electron chi connectivity index (χ2n) is 14.1. The number of nitrogens with one attached hydrogen (secondary N) is 3. The predicted octanol–water partition coefficient (Wildman–Crippen LogP) is 7.69. The summed E-state index contributed by atoms with van der Waals surface area (Å²) in [6.45, 7) is 6.15. The molecule has 0 saturated carbocycles. The highest BCUT2D eigenvalue weighted by molar-refractivity contribution is 14.1. The highest BCUT2D eigenvalue weighted by Gasteiger charge is 2.40. The van der Waals surface area contributed by atoms with E-state index >= 15 is 0 Å². The van der Waals surface area contributed by atoms with Gasteiger partial charge in [-0.1, -0.05) is 47.7 Å². The van der Waals surface area contributed by atoms with Gasteiger partial charge in [-0.2, -0.15) is 0 Å². The molecule has 12 nitrogen and oxygen atoms in total. The molecule has 2 aromatic heterocycles. The van der Waals surface area contributed by atoms with Gasteiger partial charge in [0.05, 0.1) is 46.2 Å². The number of imidazole rings is 2. The van der Waals surface area contributed by atoms with E-state index in [9.17, 15) is 14.4 Å². The molecule has 52 heavy (non-hydrogen) atoms. The lowest BCUT2D eigenvalue weighted by atomic mass is 9.92. The minimum Gasteiger partial charge on any atom is -0.488 e. The molecule has 13 heteroatoms. The summed E-state index contributed by atoms with van der Waals surface area (Å²) < 4.78 is 11.3. The first-order valence-corrected chi connectivity index (χ1v) is 19.3. The largest absolute Gasteiger partial charge is 0.488 e. The van der Waals surface area contributed by atoms with E-state index < -0.39 is 12.1 Å². The molecular formula is C39H42IN7O5. The SMILES string of the molecule is CCCC(=O)N1[C@@H](I)CC[C@H]1c1nc2c(ccc3cc4c(cc32)OCc2cc(-c3cnc([C@@H]5CC[C@H](C)N5C(=O)[C@H](C)NC(=O)OC)[nH]3)ccc2-4)[nH]1. The molecule has 0 unspecified atom stereocenters. The van der Waals surface area contributed by atoms with Crippen molar-refractivity contribution in [1.29, 1.82) is 0 Å². The summed E-state index contributed by atoms with van der Waals surface area (Å²) in [5.41, 5.74) is 6.90. The lowest BCUT2D eigenvalue weighted by Crippen LogP contribution is -2.48. The number of benzene rings is 3. The Morgan fingerprint density at radius 3 is 2.63 bits per heavy atom. The molecule has 3 N–H and O–H groups in total. The number of methoxy groups -OCH3 is 1. The monoisotopic (exact) mass is 815 g/mol. The zero-order chi connectivity index (χ0) is 36.3. The van der Waals surface area contributed by atoms with E-state index in [0.29, 0.717) is 13.0 Å². The second-order valence-corrected chi connectivity index (χ2v) is 15.6. The highest BCUT2D eigenvalue weighted by atomic mass is 127. The lowest BCUT2D eigenvalue weighted by molar-refractivity contribution is -0.136. The van der Waals surface area contributed by atoms with E-state index in [0.717, 1.165) is 99.3 Å². The van der Waals surface area contributed by atoms with Gasteiger partial charge >= 0.3 is 6.09 Å². The molecule has 2 saturated heterocycles. The number of alkyl halides is 1. The van der Waals surface area contributed by atoms with Crippen molar-refractivity contribution in [2.24, 2.45) is 0 Å². The number of aromatic amines is 2. The highest BCUT2D eigenvalue weighted by Crippen LogP contribution is 2.44. The predicted molar refractivity (Wildman–Crippen MR) is 206 cm³/mol. The standard InChI is InChI=1S/C39H42IN7O5/c1-5-6-34(48)47-31(13-14-33(47)40)37-43-28-11-9-22-16-27-25-10-8-23(15-24(25)19-52-32(27)17-26(22)35(28)45-37)29-18-41-36(44-29)30-12-7-20(2)46(30)38(49)21(3)42-39(50)51-4/h8-11,15-18,20-21,30-31,33H,5-7,12-14,19H2,1-4H3,(H,41,44)(H,42,50)(H,43,45)/t20-,21-,30-,31-,33+/m0/s1. The quantitative estimate of drug-likeness (QED) is 0.0868. The molecule has 0 aliphatic carbocycles. The van der Waals surface area contributed by atoms with Gasteiger partial charge in [-0.3, -0.25) is 9.59 Å². The number of hydrogen-bond donors (Lipinski definition) is 3. The van der Waals surface area contributed by atoms with Crippen molar-refractivity contribution >= 4 is 62.3 Å². The number of carbonyl (C=O) groups is 3. The summed E-state index contributed by atoms with van der Waals surface area (Å²) in [7, 11) is 1.28. The zero-order valence-corrected chi connectivity index (χ0v) is 31.8. The van der Waals surface area contributed by atoms with Crippen LogP contribution in [-0.2, 0) is 20.9 Å². The minimum atomic E-state index is -0.720. The maximum atomic E-state index is 13.4. The Labute approximate surface area is 315 Å². The van der Waals surface area contributed by atoms with Crippen LogP contribution in [0.15, 0.2) is 48.7 Å². The van der Waals surface area contributed by atoms with Crippen LogP contribution >= 0.6 is 22.6 Å². The number of rotatable bonds is 7. The van der Waals surface area contributed by atoms with Crippen LogP contribution in [0.25, 0.3) is 44.2 Å². The van der Waals surface area contributed by atoms with E-state index in [1.54, 1.807) is 6.92 Å². The third kappa shape index (κ3) is 5.96. The molecule has 5 aromatic rings. The van der Waals surface area contributed by atoms with Crippen LogP contribution in [0.5, 0.6) is 5.75 Å². The molecule has 0 spiro atoms. The Hall–Kier alpha value is -4.66. The summed E-state index contributed by atoms with van der Waals surface area (Å²) in [6, 6.07) is 13.9. The van der Waals surface area contributed by atoms with Gasteiger partial charge in [0, 0.05) is 23.4 Å². The summed E-state index contributed by atoms with van der Waals surface area (Å²) in [6.07, 6.45) is 6.03. The van der Waals surface area contributed by atoms with Crippen molar-refractivity contribution in [2.45, 2.75) is 94.1 Å². The van der Waals surface area contributed by atoms with Crippen LogP contribution in [0.3, 0.4) is 0 Å². The number of hydrogen-bond acceptors (Lipinski definition) is 7. The molecule has 3 aromatic carbocycles. The van der Waals surface area contributed by atoms with Gasteiger partial charge in [0.25, 0.3) is 0 Å². The number of likely N-dealkylation sites (tertiary alicyclic amines) is 2. The lowest BCUT2D eigenvalue weighted by Gasteiger charge is -2.30. The molecule has 8 rings (SSSR count). The second kappa shape index (κ2) is 13.7. The first kappa shape index (κ1) is 34.4. The fraction of sp³-hybridized carbons (Fsp3) is 0.410. The summed E-state index contributed by atoms with van der Waals surface area (Å²) in [5, 5.41) is 4.68. The van der Waals surface area contributed by atoms with Crippen LogP contribution in [-0.4, -0.2) is 70.9 Å². The van der Waals surface area contributed by atoms with Crippen LogP contribution < -0.4 is 10.1 Å². The average Bonchev–Trinajstić information content (AvgIpc) is 3.96.